The van der Waals surface area contributed by atoms with Crippen molar-refractivity contribution in [2.45, 2.75) is 24.4 Å². The molecule has 1 saturated heterocycles. The molecule has 2 aliphatic heterocycles. The number of aliphatic hydroxyl groups excluding tert-OH is 1. The van der Waals surface area contributed by atoms with Gasteiger partial charge in [-0.15, -0.1) is 0 Å². The number of rotatable bonds is 1. The summed E-state index contributed by atoms with van der Waals surface area (Å²) in [7, 11) is 1.30. The molecule has 0 aliphatic carbocycles. The summed E-state index contributed by atoms with van der Waals surface area (Å²) in [6, 6.07) is 11.0. The molecule has 0 radical (unpaired) electrons. The predicted molar refractivity (Wildman–Crippen MR) is 88.1 cm³/mol. The summed E-state index contributed by atoms with van der Waals surface area (Å²) in [5.74, 6) is 0.680. The van der Waals surface area contributed by atoms with Crippen LogP contribution in [-0.4, -0.2) is 35.9 Å². The van der Waals surface area contributed by atoms with Crippen molar-refractivity contribution in [1.29, 1.82) is 0 Å². The molecule has 4 rings (SSSR count). The Morgan fingerprint density at radius 2 is 2.04 bits per heavy atom. The summed E-state index contributed by atoms with van der Waals surface area (Å²) in [5, 5.41) is 9.79. The molecule has 2 heterocycles. The molecule has 0 saturated carbocycles. The standard InChI is InChI=1S/C19H18FNO4/c1-24-19(23)21-12(10-22)9-14-13-4-2-3-5-16(13)25-17-7-6-11(20)8-15(17)18(14)21/h2-8,12,14,18,22H,9-10H2,1H3/t12-,14-,18+/m1/s1. The quantitative estimate of drug-likeness (QED) is 0.860. The van der Waals surface area contributed by atoms with Gasteiger partial charge in [0, 0.05) is 17.0 Å². The number of aliphatic hydroxyl groups is 1. The van der Waals surface area contributed by atoms with Crippen LogP contribution in [0.4, 0.5) is 9.18 Å². The van der Waals surface area contributed by atoms with E-state index in [4.69, 9.17) is 9.47 Å². The van der Waals surface area contributed by atoms with E-state index in [2.05, 4.69) is 0 Å². The number of benzene rings is 2. The first-order valence-electron chi connectivity index (χ1n) is 8.17. The SMILES string of the molecule is COC(=O)N1[C@@H](CO)C[C@@H]2c3ccccc3Oc3ccc(F)cc3[C@H]21. The zero-order chi connectivity index (χ0) is 17.6. The fraction of sp³-hybridized carbons (Fsp3) is 0.316. The van der Waals surface area contributed by atoms with Crippen LogP contribution in [0.3, 0.4) is 0 Å². The molecule has 2 aromatic carbocycles. The third-order valence-corrected chi connectivity index (χ3v) is 5.03. The summed E-state index contributed by atoms with van der Waals surface area (Å²) in [5.41, 5.74) is 1.52. The molecule has 2 aromatic rings. The summed E-state index contributed by atoms with van der Waals surface area (Å²) < 4.78 is 24.9. The molecule has 25 heavy (non-hydrogen) atoms. The van der Waals surface area contributed by atoms with Gasteiger partial charge in [0.2, 0.25) is 0 Å². The number of nitrogens with zero attached hydrogens (tertiary/aromatic N) is 1. The zero-order valence-electron chi connectivity index (χ0n) is 13.7. The number of para-hydroxylation sites is 1. The van der Waals surface area contributed by atoms with Gasteiger partial charge in [0.15, 0.2) is 0 Å². The van der Waals surface area contributed by atoms with E-state index < -0.39 is 24.0 Å². The molecule has 0 spiro atoms. The van der Waals surface area contributed by atoms with Crippen LogP contribution < -0.4 is 4.74 Å². The van der Waals surface area contributed by atoms with Crippen LogP contribution in [-0.2, 0) is 4.74 Å². The van der Waals surface area contributed by atoms with Gasteiger partial charge in [-0.1, -0.05) is 18.2 Å². The monoisotopic (exact) mass is 343 g/mol. The lowest BCUT2D eigenvalue weighted by Gasteiger charge is -2.29. The van der Waals surface area contributed by atoms with Crippen molar-refractivity contribution < 1.29 is 23.8 Å². The highest BCUT2D eigenvalue weighted by molar-refractivity contribution is 5.70. The van der Waals surface area contributed by atoms with Crippen LogP contribution in [0.1, 0.15) is 29.5 Å². The average molecular weight is 343 g/mol. The van der Waals surface area contributed by atoms with Crippen molar-refractivity contribution in [3.63, 3.8) is 0 Å². The van der Waals surface area contributed by atoms with Crippen LogP contribution in [0.5, 0.6) is 11.5 Å². The maximum Gasteiger partial charge on any atom is 0.410 e. The normalized spacial score (nSPS) is 23.8. The van der Waals surface area contributed by atoms with Gasteiger partial charge in [0.05, 0.1) is 25.8 Å². The van der Waals surface area contributed by atoms with Gasteiger partial charge >= 0.3 is 6.09 Å². The first-order chi connectivity index (χ1) is 12.1. The number of amides is 1. The molecule has 1 N–H and O–H groups in total. The van der Waals surface area contributed by atoms with Gasteiger partial charge in [-0.3, -0.25) is 4.90 Å². The summed E-state index contributed by atoms with van der Waals surface area (Å²) >= 11 is 0. The lowest BCUT2D eigenvalue weighted by atomic mass is 9.87. The van der Waals surface area contributed by atoms with Gasteiger partial charge in [0.1, 0.15) is 17.3 Å². The summed E-state index contributed by atoms with van der Waals surface area (Å²) in [6.45, 7) is -0.185. The smallest absolute Gasteiger partial charge is 0.410 e. The highest BCUT2D eigenvalue weighted by Crippen LogP contribution is 2.54. The highest BCUT2D eigenvalue weighted by Gasteiger charge is 2.48. The van der Waals surface area contributed by atoms with Gasteiger partial charge in [0.25, 0.3) is 0 Å². The third kappa shape index (κ3) is 2.44. The molecule has 1 amide bonds. The Balaban J connectivity index is 1.94. The number of carbonyl (C=O) groups is 1. The molecule has 0 unspecified atom stereocenters. The minimum atomic E-state index is -0.541. The number of hydrogen-bond donors (Lipinski definition) is 1. The zero-order valence-corrected chi connectivity index (χ0v) is 13.7. The lowest BCUT2D eigenvalue weighted by Crippen LogP contribution is -2.39. The van der Waals surface area contributed by atoms with Crippen molar-refractivity contribution in [2.24, 2.45) is 0 Å². The predicted octanol–water partition coefficient (Wildman–Crippen LogP) is 3.59. The molecule has 5 nitrogen and oxygen atoms in total. The van der Waals surface area contributed by atoms with Crippen LogP contribution in [0.2, 0.25) is 0 Å². The Bertz CT molecular complexity index is 825. The molecule has 3 atom stereocenters. The minimum absolute atomic E-state index is 0.115. The average Bonchev–Trinajstić information content (AvgIpc) is 2.96. The maximum atomic E-state index is 14.0. The molecule has 2 aliphatic rings. The number of fused-ring (bicyclic) bond motifs is 5. The Hall–Kier alpha value is -2.60. The molecule has 1 fully saturated rings. The third-order valence-electron chi connectivity index (χ3n) is 5.03. The second kappa shape index (κ2) is 6.04. The number of halogens is 1. The van der Waals surface area contributed by atoms with Gasteiger partial charge in [-0.25, -0.2) is 9.18 Å². The van der Waals surface area contributed by atoms with Crippen LogP contribution in [0, 0.1) is 5.82 Å². The Kier molecular flexibility index (Phi) is 3.84. The van der Waals surface area contributed by atoms with Crippen LogP contribution in [0.25, 0.3) is 0 Å². The van der Waals surface area contributed by atoms with Crippen LogP contribution in [0.15, 0.2) is 42.5 Å². The highest BCUT2D eigenvalue weighted by atomic mass is 19.1. The number of ether oxygens (including phenoxy) is 2. The second-order valence-electron chi connectivity index (χ2n) is 6.32. The topological polar surface area (TPSA) is 59.0 Å². The fourth-order valence-electron chi connectivity index (χ4n) is 3.99. The van der Waals surface area contributed by atoms with Gasteiger partial charge < -0.3 is 14.6 Å². The summed E-state index contributed by atoms with van der Waals surface area (Å²) in [6.07, 6.45) is 0.00760. The van der Waals surface area contributed by atoms with Crippen molar-refractivity contribution in [1.82, 2.24) is 4.90 Å². The lowest BCUT2D eigenvalue weighted by molar-refractivity contribution is 0.0836. The van der Waals surface area contributed by atoms with E-state index in [1.165, 1.54) is 24.1 Å². The maximum absolute atomic E-state index is 14.0. The fourth-order valence-corrected chi connectivity index (χ4v) is 3.99. The van der Waals surface area contributed by atoms with Gasteiger partial charge in [-0.2, -0.15) is 0 Å². The summed E-state index contributed by atoms with van der Waals surface area (Å²) in [4.78, 5) is 13.9. The molecular formula is C19H18FNO4. The Labute approximate surface area is 144 Å². The molecule has 130 valence electrons. The second-order valence-corrected chi connectivity index (χ2v) is 6.32. The number of likely N-dealkylation sites (tertiary alicyclic amines) is 1. The van der Waals surface area contributed by atoms with Crippen molar-refractivity contribution in [2.75, 3.05) is 13.7 Å². The van der Waals surface area contributed by atoms with E-state index in [1.54, 1.807) is 6.07 Å². The van der Waals surface area contributed by atoms with E-state index in [-0.39, 0.29) is 12.5 Å². The molecular weight excluding hydrogens is 325 g/mol. The Morgan fingerprint density at radius 1 is 1.28 bits per heavy atom. The van der Waals surface area contributed by atoms with E-state index >= 15 is 0 Å². The van der Waals surface area contributed by atoms with Crippen molar-refractivity contribution in [3.05, 3.63) is 59.4 Å². The Morgan fingerprint density at radius 3 is 2.80 bits per heavy atom. The molecule has 6 heteroatoms. The number of hydrogen-bond acceptors (Lipinski definition) is 4. The first kappa shape index (κ1) is 15.9. The van der Waals surface area contributed by atoms with Gasteiger partial charge in [-0.05, 0) is 30.7 Å². The van der Waals surface area contributed by atoms with E-state index in [1.807, 2.05) is 24.3 Å². The van der Waals surface area contributed by atoms with E-state index in [0.29, 0.717) is 23.5 Å². The largest absolute Gasteiger partial charge is 0.457 e. The van der Waals surface area contributed by atoms with Crippen molar-refractivity contribution >= 4 is 6.09 Å². The van der Waals surface area contributed by atoms with E-state index in [0.717, 1.165) is 5.56 Å². The number of methoxy groups -OCH3 is 1. The van der Waals surface area contributed by atoms with Crippen LogP contribution >= 0.6 is 0 Å². The number of carbonyl (C=O) groups excluding carboxylic acids is 1. The minimum Gasteiger partial charge on any atom is -0.457 e. The first-order valence-corrected chi connectivity index (χ1v) is 8.17. The molecule has 0 bridgehead atoms. The van der Waals surface area contributed by atoms with Crippen molar-refractivity contribution in [3.8, 4) is 11.5 Å². The molecule has 0 aromatic heterocycles. The van der Waals surface area contributed by atoms with E-state index in [9.17, 15) is 14.3 Å².